The summed E-state index contributed by atoms with van der Waals surface area (Å²) in [5.74, 6) is -0.573. The summed E-state index contributed by atoms with van der Waals surface area (Å²) < 4.78 is 10.8. The molecular weight excluding hydrogens is 236 g/mol. The van der Waals surface area contributed by atoms with Gasteiger partial charge in [-0.2, -0.15) is 0 Å². The topological polar surface area (TPSA) is 81.9 Å². The van der Waals surface area contributed by atoms with Crippen LogP contribution in [0.15, 0.2) is 0 Å². The van der Waals surface area contributed by atoms with Gasteiger partial charge in [-0.3, -0.25) is 4.79 Å². The van der Waals surface area contributed by atoms with E-state index in [9.17, 15) is 9.59 Å². The van der Waals surface area contributed by atoms with Gasteiger partial charge in [0.2, 0.25) is 5.91 Å². The number of carbonyl (C=O) groups excluding carboxylic acids is 2. The maximum absolute atomic E-state index is 12.0. The van der Waals surface area contributed by atoms with Gasteiger partial charge in [-0.15, -0.1) is 0 Å². The van der Waals surface area contributed by atoms with Crippen molar-refractivity contribution in [1.29, 1.82) is 0 Å². The molecule has 18 heavy (non-hydrogen) atoms. The van der Waals surface area contributed by atoms with E-state index in [2.05, 4.69) is 0 Å². The van der Waals surface area contributed by atoms with E-state index in [0.717, 1.165) is 0 Å². The Morgan fingerprint density at radius 3 is 2.39 bits per heavy atom. The highest BCUT2D eigenvalue weighted by Gasteiger charge is 2.39. The van der Waals surface area contributed by atoms with Gasteiger partial charge in [0, 0.05) is 0 Å². The average molecular weight is 258 g/mol. The van der Waals surface area contributed by atoms with E-state index >= 15 is 0 Å². The van der Waals surface area contributed by atoms with E-state index in [-0.39, 0.29) is 6.54 Å². The lowest BCUT2D eigenvalue weighted by molar-refractivity contribution is -0.158. The van der Waals surface area contributed by atoms with E-state index in [1.807, 2.05) is 0 Å². The second-order valence-corrected chi connectivity index (χ2v) is 6.13. The predicted octanol–water partition coefficient (Wildman–Crippen LogP) is 0.886. The molecule has 104 valence electrons. The number of hydrogen-bond donors (Lipinski definition) is 1. The molecule has 2 N–H and O–H groups in total. The molecule has 0 aromatic rings. The second-order valence-electron chi connectivity index (χ2n) is 6.13. The van der Waals surface area contributed by atoms with Gasteiger partial charge in [0.05, 0.1) is 18.7 Å². The minimum Gasteiger partial charge on any atom is -0.444 e. The van der Waals surface area contributed by atoms with E-state index in [4.69, 9.17) is 15.2 Å². The van der Waals surface area contributed by atoms with Crippen LogP contribution in [0.5, 0.6) is 0 Å². The Kier molecular flexibility index (Phi) is 3.90. The lowest BCUT2D eigenvalue weighted by Crippen LogP contribution is -2.58. The van der Waals surface area contributed by atoms with Crippen molar-refractivity contribution < 1.29 is 19.1 Å². The third-order valence-electron chi connectivity index (χ3n) is 2.39. The van der Waals surface area contributed by atoms with E-state index in [1.54, 1.807) is 34.6 Å². The van der Waals surface area contributed by atoms with E-state index < -0.39 is 29.3 Å². The lowest BCUT2D eigenvalue weighted by atomic mass is 10.1. The fourth-order valence-corrected chi connectivity index (χ4v) is 1.80. The molecule has 1 aliphatic heterocycles. The second kappa shape index (κ2) is 4.76. The number of nitrogens with zero attached hydrogens (tertiary/aromatic N) is 1. The number of carbonyl (C=O) groups is 2. The first-order valence-corrected chi connectivity index (χ1v) is 5.95. The van der Waals surface area contributed by atoms with Crippen LogP contribution in [0.3, 0.4) is 0 Å². The van der Waals surface area contributed by atoms with Crippen LogP contribution in [0.2, 0.25) is 0 Å². The number of rotatable bonds is 1. The highest BCUT2D eigenvalue weighted by molar-refractivity contribution is 5.80. The maximum Gasteiger partial charge on any atom is 0.410 e. The monoisotopic (exact) mass is 258 g/mol. The molecule has 1 rings (SSSR count). The van der Waals surface area contributed by atoms with Crippen molar-refractivity contribution >= 4 is 12.0 Å². The zero-order valence-corrected chi connectivity index (χ0v) is 11.6. The van der Waals surface area contributed by atoms with E-state index in [1.165, 1.54) is 4.90 Å². The molecule has 0 saturated carbocycles. The first-order valence-electron chi connectivity index (χ1n) is 5.95. The van der Waals surface area contributed by atoms with Crippen molar-refractivity contribution in [2.75, 3.05) is 13.1 Å². The highest BCUT2D eigenvalue weighted by atomic mass is 16.6. The molecular formula is C12H22N2O4. The molecule has 1 saturated heterocycles. The van der Waals surface area contributed by atoms with Crippen LogP contribution < -0.4 is 5.73 Å². The van der Waals surface area contributed by atoms with Crippen molar-refractivity contribution in [2.24, 2.45) is 5.73 Å². The summed E-state index contributed by atoms with van der Waals surface area (Å²) in [5, 5.41) is 0. The molecule has 1 unspecified atom stereocenters. The normalized spacial score (nSPS) is 23.6. The van der Waals surface area contributed by atoms with Crippen LogP contribution in [-0.2, 0) is 14.3 Å². The fourth-order valence-electron chi connectivity index (χ4n) is 1.80. The molecule has 0 aromatic carbocycles. The SMILES string of the molecule is CC(C)(C)OC(=O)N1CC(C(N)=O)OC(C)(C)C1. The summed E-state index contributed by atoms with van der Waals surface area (Å²) in [6.45, 7) is 9.49. The largest absolute Gasteiger partial charge is 0.444 e. The number of ether oxygens (including phenoxy) is 2. The van der Waals surface area contributed by atoms with Gasteiger partial charge < -0.3 is 20.1 Å². The van der Waals surface area contributed by atoms with Crippen LogP contribution >= 0.6 is 0 Å². The average Bonchev–Trinajstić information content (AvgIpc) is 2.12. The van der Waals surface area contributed by atoms with Crippen molar-refractivity contribution in [2.45, 2.75) is 51.9 Å². The van der Waals surface area contributed by atoms with Crippen LogP contribution in [0.1, 0.15) is 34.6 Å². The molecule has 2 amide bonds. The Labute approximate surface area is 107 Å². The number of morpholine rings is 1. The standard InChI is InChI=1S/C12H22N2O4/c1-11(2,3)18-10(16)14-6-8(9(13)15)17-12(4,5)7-14/h8H,6-7H2,1-5H3,(H2,13,15). The first kappa shape index (κ1) is 14.8. The van der Waals surface area contributed by atoms with Crippen LogP contribution in [0, 0.1) is 0 Å². The molecule has 0 aliphatic carbocycles. The van der Waals surface area contributed by atoms with Gasteiger partial charge in [-0.1, -0.05) is 0 Å². The Morgan fingerprint density at radius 2 is 1.94 bits per heavy atom. The zero-order valence-electron chi connectivity index (χ0n) is 11.6. The van der Waals surface area contributed by atoms with Gasteiger partial charge in [0.15, 0.2) is 6.10 Å². The Morgan fingerprint density at radius 1 is 1.39 bits per heavy atom. The molecule has 0 radical (unpaired) electrons. The minimum absolute atomic E-state index is 0.133. The summed E-state index contributed by atoms with van der Waals surface area (Å²) in [5.41, 5.74) is 4.05. The Balaban J connectivity index is 2.76. The third-order valence-corrected chi connectivity index (χ3v) is 2.39. The molecule has 1 atom stereocenters. The summed E-state index contributed by atoms with van der Waals surface area (Å²) in [7, 11) is 0. The van der Waals surface area contributed by atoms with Crippen molar-refractivity contribution in [3.8, 4) is 0 Å². The van der Waals surface area contributed by atoms with Gasteiger partial charge in [-0.05, 0) is 34.6 Å². The van der Waals surface area contributed by atoms with Crippen LogP contribution in [0.4, 0.5) is 4.79 Å². The molecule has 0 spiro atoms. The molecule has 0 bridgehead atoms. The molecule has 1 fully saturated rings. The molecule has 1 heterocycles. The van der Waals surface area contributed by atoms with Crippen molar-refractivity contribution in [3.05, 3.63) is 0 Å². The number of hydrogen-bond acceptors (Lipinski definition) is 4. The fraction of sp³-hybridized carbons (Fsp3) is 0.833. The summed E-state index contributed by atoms with van der Waals surface area (Å²) >= 11 is 0. The van der Waals surface area contributed by atoms with Crippen molar-refractivity contribution in [3.63, 3.8) is 0 Å². The molecule has 6 heteroatoms. The van der Waals surface area contributed by atoms with Crippen molar-refractivity contribution in [1.82, 2.24) is 4.90 Å². The van der Waals surface area contributed by atoms with Gasteiger partial charge in [0.25, 0.3) is 0 Å². The smallest absolute Gasteiger partial charge is 0.410 e. The Hall–Kier alpha value is -1.30. The predicted molar refractivity (Wildman–Crippen MR) is 66.0 cm³/mol. The summed E-state index contributed by atoms with van der Waals surface area (Å²) in [4.78, 5) is 24.6. The summed E-state index contributed by atoms with van der Waals surface area (Å²) in [6, 6.07) is 0. The van der Waals surface area contributed by atoms with Gasteiger partial charge >= 0.3 is 6.09 Å². The summed E-state index contributed by atoms with van der Waals surface area (Å²) in [6.07, 6.45) is -1.24. The van der Waals surface area contributed by atoms with E-state index in [0.29, 0.717) is 6.54 Å². The minimum atomic E-state index is -0.790. The highest BCUT2D eigenvalue weighted by Crippen LogP contribution is 2.22. The van der Waals surface area contributed by atoms with Crippen LogP contribution in [-0.4, -0.2) is 47.3 Å². The zero-order chi connectivity index (χ0) is 14.1. The Bertz CT molecular complexity index is 346. The molecule has 0 aromatic heterocycles. The van der Waals surface area contributed by atoms with Gasteiger partial charge in [-0.25, -0.2) is 4.79 Å². The molecule has 6 nitrogen and oxygen atoms in total. The third kappa shape index (κ3) is 4.18. The molecule has 1 aliphatic rings. The van der Waals surface area contributed by atoms with Crippen LogP contribution in [0.25, 0.3) is 0 Å². The number of amides is 2. The lowest BCUT2D eigenvalue weighted by Gasteiger charge is -2.41. The maximum atomic E-state index is 12.0. The first-order chi connectivity index (χ1) is 8.00. The quantitative estimate of drug-likeness (QED) is 0.757. The number of primary amides is 1. The number of nitrogens with two attached hydrogens (primary N) is 1. The van der Waals surface area contributed by atoms with Gasteiger partial charge in [0.1, 0.15) is 5.60 Å².